The molecule has 2 aromatic rings. The fourth-order valence-electron chi connectivity index (χ4n) is 2.36. The maximum absolute atomic E-state index is 12.2. The van der Waals surface area contributed by atoms with E-state index in [9.17, 15) is 9.59 Å². The molecule has 2 aromatic carbocycles. The van der Waals surface area contributed by atoms with Crippen molar-refractivity contribution in [3.05, 3.63) is 52.5 Å². The largest absolute Gasteiger partial charge is 0.497 e. The summed E-state index contributed by atoms with van der Waals surface area (Å²) in [7, 11) is 3.29. The number of amides is 2. The smallest absolute Gasteiger partial charge is 0.238 e. The number of nitrogens with one attached hydrogen (secondary N) is 2. The Balaban J connectivity index is 1.84. The van der Waals surface area contributed by atoms with Crippen molar-refractivity contribution in [3.63, 3.8) is 0 Å². The number of carbonyl (C=O) groups excluding carboxylic acids is 2. The molecule has 0 aliphatic carbocycles. The summed E-state index contributed by atoms with van der Waals surface area (Å²) >= 11 is 3.43. The number of aryl methyl sites for hydroxylation is 1. The van der Waals surface area contributed by atoms with Crippen LogP contribution in [0.1, 0.15) is 5.56 Å². The zero-order valence-electron chi connectivity index (χ0n) is 15.0. The molecule has 2 rings (SSSR count). The quantitative estimate of drug-likeness (QED) is 0.722. The van der Waals surface area contributed by atoms with E-state index < -0.39 is 0 Å². The standard InChI is InChI=1S/C19H22BrN3O3/c1-13-7-8-17(16(20)9-13)22-19(25)12-23(2)11-18(24)21-14-5-4-6-15(10-14)26-3/h4-10H,11-12H2,1-3H3,(H,21,24)(H,22,25). The fraction of sp³-hybridized carbons (Fsp3) is 0.263. The van der Waals surface area contributed by atoms with Crippen LogP contribution in [0, 0.1) is 6.92 Å². The van der Waals surface area contributed by atoms with Gasteiger partial charge in [0.25, 0.3) is 0 Å². The molecule has 2 amide bonds. The Hall–Kier alpha value is -2.38. The van der Waals surface area contributed by atoms with Gasteiger partial charge in [0.2, 0.25) is 11.8 Å². The molecule has 138 valence electrons. The molecule has 0 heterocycles. The molecule has 0 spiro atoms. The minimum absolute atomic E-state index is 0.0969. The average molecular weight is 420 g/mol. The van der Waals surface area contributed by atoms with E-state index in [1.165, 1.54) is 0 Å². The Morgan fingerprint density at radius 1 is 1.08 bits per heavy atom. The number of methoxy groups -OCH3 is 1. The molecule has 0 saturated carbocycles. The lowest BCUT2D eigenvalue weighted by atomic mass is 10.2. The third kappa shape index (κ3) is 6.16. The topological polar surface area (TPSA) is 70.7 Å². The SMILES string of the molecule is COc1cccc(NC(=O)CN(C)CC(=O)Nc2ccc(C)cc2Br)c1. The van der Waals surface area contributed by atoms with Gasteiger partial charge in [-0.2, -0.15) is 0 Å². The Bertz CT molecular complexity index is 795. The summed E-state index contributed by atoms with van der Waals surface area (Å²) in [6.45, 7) is 2.18. The molecular formula is C19H22BrN3O3. The van der Waals surface area contributed by atoms with E-state index >= 15 is 0 Å². The van der Waals surface area contributed by atoms with Crippen molar-refractivity contribution in [1.29, 1.82) is 0 Å². The Morgan fingerprint density at radius 3 is 2.42 bits per heavy atom. The van der Waals surface area contributed by atoms with Gasteiger partial charge < -0.3 is 15.4 Å². The van der Waals surface area contributed by atoms with E-state index in [4.69, 9.17) is 4.74 Å². The highest BCUT2D eigenvalue weighted by Gasteiger charge is 2.12. The molecule has 0 radical (unpaired) electrons. The fourth-order valence-corrected chi connectivity index (χ4v) is 2.95. The van der Waals surface area contributed by atoms with Crippen LogP contribution < -0.4 is 15.4 Å². The number of ether oxygens (including phenoxy) is 1. The van der Waals surface area contributed by atoms with Crippen molar-refractivity contribution >= 4 is 39.1 Å². The highest BCUT2D eigenvalue weighted by atomic mass is 79.9. The predicted molar refractivity (Wildman–Crippen MR) is 107 cm³/mol. The molecular weight excluding hydrogens is 398 g/mol. The maximum atomic E-state index is 12.2. The van der Waals surface area contributed by atoms with E-state index in [-0.39, 0.29) is 24.9 Å². The van der Waals surface area contributed by atoms with Crippen LogP contribution in [0.4, 0.5) is 11.4 Å². The van der Waals surface area contributed by atoms with Crippen molar-refractivity contribution in [2.75, 3.05) is 37.9 Å². The van der Waals surface area contributed by atoms with Gasteiger partial charge in [0, 0.05) is 16.2 Å². The minimum atomic E-state index is -0.204. The number of anilines is 2. The summed E-state index contributed by atoms with van der Waals surface area (Å²) in [6.07, 6.45) is 0. The number of rotatable bonds is 7. The number of hydrogen-bond donors (Lipinski definition) is 2. The minimum Gasteiger partial charge on any atom is -0.497 e. The molecule has 0 saturated heterocycles. The summed E-state index contributed by atoms with van der Waals surface area (Å²) in [5, 5.41) is 5.62. The Morgan fingerprint density at radius 2 is 1.77 bits per heavy atom. The second-order valence-corrected chi connectivity index (χ2v) is 6.84. The summed E-state index contributed by atoms with van der Waals surface area (Å²) in [5.41, 5.74) is 2.45. The lowest BCUT2D eigenvalue weighted by molar-refractivity contribution is -0.119. The molecule has 0 aliphatic heterocycles. The van der Waals surface area contributed by atoms with E-state index in [0.717, 1.165) is 10.0 Å². The van der Waals surface area contributed by atoms with Crippen LogP contribution in [0.25, 0.3) is 0 Å². The lowest BCUT2D eigenvalue weighted by Crippen LogP contribution is -2.36. The first-order chi connectivity index (χ1) is 12.4. The van der Waals surface area contributed by atoms with Crippen molar-refractivity contribution < 1.29 is 14.3 Å². The first kappa shape index (κ1) is 19.9. The van der Waals surface area contributed by atoms with E-state index in [0.29, 0.717) is 17.1 Å². The van der Waals surface area contributed by atoms with Gasteiger partial charge in [-0.25, -0.2) is 0 Å². The second-order valence-electron chi connectivity index (χ2n) is 5.98. The first-order valence-corrected chi connectivity index (χ1v) is 8.85. The van der Waals surface area contributed by atoms with Gasteiger partial charge in [-0.05, 0) is 59.7 Å². The number of carbonyl (C=O) groups is 2. The maximum Gasteiger partial charge on any atom is 0.238 e. The molecule has 0 aromatic heterocycles. The monoisotopic (exact) mass is 419 g/mol. The van der Waals surface area contributed by atoms with Crippen molar-refractivity contribution in [2.24, 2.45) is 0 Å². The van der Waals surface area contributed by atoms with Gasteiger partial charge in [-0.3, -0.25) is 14.5 Å². The molecule has 0 unspecified atom stereocenters. The third-order valence-electron chi connectivity index (χ3n) is 3.58. The van der Waals surface area contributed by atoms with Crippen LogP contribution in [-0.4, -0.2) is 44.0 Å². The zero-order chi connectivity index (χ0) is 19.1. The Labute approximate surface area is 161 Å². The van der Waals surface area contributed by atoms with Crippen LogP contribution in [-0.2, 0) is 9.59 Å². The van der Waals surface area contributed by atoms with Crippen molar-refractivity contribution in [1.82, 2.24) is 4.90 Å². The van der Waals surface area contributed by atoms with Gasteiger partial charge >= 0.3 is 0 Å². The number of halogens is 1. The molecule has 0 bridgehead atoms. The molecule has 6 nitrogen and oxygen atoms in total. The summed E-state index contributed by atoms with van der Waals surface area (Å²) in [5.74, 6) is 0.274. The number of benzene rings is 2. The summed E-state index contributed by atoms with van der Waals surface area (Å²) < 4.78 is 5.95. The van der Waals surface area contributed by atoms with Gasteiger partial charge in [0.15, 0.2) is 0 Å². The van der Waals surface area contributed by atoms with Crippen molar-refractivity contribution in [2.45, 2.75) is 6.92 Å². The van der Waals surface area contributed by atoms with Gasteiger partial charge in [0.05, 0.1) is 25.9 Å². The summed E-state index contributed by atoms with van der Waals surface area (Å²) in [4.78, 5) is 25.9. The van der Waals surface area contributed by atoms with Crippen LogP contribution in [0.2, 0.25) is 0 Å². The summed E-state index contributed by atoms with van der Waals surface area (Å²) in [6, 6.07) is 12.8. The highest BCUT2D eigenvalue weighted by molar-refractivity contribution is 9.10. The predicted octanol–water partition coefficient (Wildman–Crippen LogP) is 3.28. The van der Waals surface area contributed by atoms with Crippen LogP contribution in [0.5, 0.6) is 5.75 Å². The second kappa shape index (κ2) is 9.35. The van der Waals surface area contributed by atoms with E-state index in [1.807, 2.05) is 25.1 Å². The molecule has 0 aliphatic rings. The number of hydrogen-bond acceptors (Lipinski definition) is 4. The van der Waals surface area contributed by atoms with Crippen LogP contribution in [0.15, 0.2) is 46.9 Å². The van der Waals surface area contributed by atoms with E-state index in [1.54, 1.807) is 43.3 Å². The molecule has 2 N–H and O–H groups in total. The van der Waals surface area contributed by atoms with Crippen LogP contribution >= 0.6 is 15.9 Å². The molecule has 26 heavy (non-hydrogen) atoms. The molecule has 0 atom stereocenters. The molecule has 0 fully saturated rings. The first-order valence-electron chi connectivity index (χ1n) is 8.06. The number of likely N-dealkylation sites (N-methyl/N-ethyl adjacent to an activating group) is 1. The lowest BCUT2D eigenvalue weighted by Gasteiger charge is -2.16. The average Bonchev–Trinajstić information content (AvgIpc) is 2.57. The Kier molecular flexibility index (Phi) is 7.17. The van der Waals surface area contributed by atoms with Gasteiger partial charge in [-0.1, -0.05) is 12.1 Å². The van der Waals surface area contributed by atoms with Gasteiger partial charge in [-0.15, -0.1) is 0 Å². The van der Waals surface area contributed by atoms with Crippen molar-refractivity contribution in [3.8, 4) is 5.75 Å². The van der Waals surface area contributed by atoms with Crippen LogP contribution in [0.3, 0.4) is 0 Å². The number of nitrogens with zero attached hydrogens (tertiary/aromatic N) is 1. The zero-order valence-corrected chi connectivity index (χ0v) is 16.6. The van der Waals surface area contributed by atoms with Gasteiger partial charge in [0.1, 0.15) is 5.75 Å². The highest BCUT2D eigenvalue weighted by Crippen LogP contribution is 2.23. The van der Waals surface area contributed by atoms with E-state index in [2.05, 4.69) is 26.6 Å². The normalized spacial score (nSPS) is 10.5. The third-order valence-corrected chi connectivity index (χ3v) is 4.24. The molecule has 7 heteroatoms.